The van der Waals surface area contributed by atoms with E-state index in [1.807, 2.05) is 18.4 Å². The molecule has 0 fully saturated rings. The molecule has 0 aliphatic carbocycles. The third kappa shape index (κ3) is 2.64. The lowest BCUT2D eigenvalue weighted by molar-refractivity contribution is 0.374. The Bertz CT molecular complexity index is 511. The summed E-state index contributed by atoms with van der Waals surface area (Å²) in [6, 6.07) is 2.04. The summed E-state index contributed by atoms with van der Waals surface area (Å²) < 4.78 is 5.01. The van der Waals surface area contributed by atoms with E-state index in [0.717, 1.165) is 10.7 Å². The Hall–Kier alpha value is -1.74. The molecule has 0 radical (unpaired) electrons. The first-order chi connectivity index (χ1) is 7.78. The largest absolute Gasteiger partial charge is 0.339 e. The van der Waals surface area contributed by atoms with Crippen molar-refractivity contribution in [1.82, 2.24) is 15.1 Å². The smallest absolute Gasteiger partial charge is 0.227 e. The fourth-order valence-corrected chi connectivity index (χ4v) is 2.01. The van der Waals surface area contributed by atoms with Crippen LogP contribution in [0.15, 0.2) is 9.90 Å². The molecule has 16 heavy (non-hydrogen) atoms. The predicted molar refractivity (Wildman–Crippen MR) is 57.9 cm³/mol. The van der Waals surface area contributed by atoms with Crippen LogP contribution >= 0.6 is 11.3 Å². The predicted octanol–water partition coefficient (Wildman–Crippen LogP) is 1.88. The van der Waals surface area contributed by atoms with Gasteiger partial charge in [-0.1, -0.05) is 5.16 Å². The minimum absolute atomic E-state index is 0.401. The lowest BCUT2D eigenvalue weighted by atomic mass is 10.3. The molecule has 2 aromatic rings. The van der Waals surface area contributed by atoms with E-state index in [4.69, 9.17) is 9.78 Å². The first-order valence-electron chi connectivity index (χ1n) is 4.87. The van der Waals surface area contributed by atoms with Crippen molar-refractivity contribution in [2.75, 3.05) is 0 Å². The molecule has 0 spiro atoms. The topological polar surface area (TPSA) is 75.6 Å². The molecule has 0 aromatic carbocycles. The number of nitriles is 1. The van der Waals surface area contributed by atoms with Gasteiger partial charge in [-0.15, -0.1) is 11.3 Å². The molecule has 82 valence electrons. The summed E-state index contributed by atoms with van der Waals surface area (Å²) in [5.74, 6) is 1.15. The van der Waals surface area contributed by atoms with E-state index in [1.54, 1.807) is 11.3 Å². The normalized spacial score (nSPS) is 10.2. The quantitative estimate of drug-likeness (QED) is 0.807. The molecule has 0 aliphatic rings. The van der Waals surface area contributed by atoms with Gasteiger partial charge in [0.2, 0.25) is 5.89 Å². The molecule has 6 heteroatoms. The second kappa shape index (κ2) is 4.86. The van der Waals surface area contributed by atoms with Crippen LogP contribution in [-0.2, 0) is 12.8 Å². The maximum Gasteiger partial charge on any atom is 0.227 e. The maximum atomic E-state index is 8.42. The molecular weight excluding hydrogens is 224 g/mol. The van der Waals surface area contributed by atoms with Crippen molar-refractivity contribution in [2.24, 2.45) is 0 Å². The standard InChI is InChI=1S/C10H10N4OS/c1-7-6-16-10(12-7)5-8-13-9(15-14-8)3-2-4-11/h6H,2-3,5H2,1H3. The first kappa shape index (κ1) is 10.8. The van der Waals surface area contributed by atoms with E-state index in [2.05, 4.69) is 15.1 Å². The van der Waals surface area contributed by atoms with E-state index < -0.39 is 0 Å². The van der Waals surface area contributed by atoms with Crippen molar-refractivity contribution in [3.63, 3.8) is 0 Å². The molecule has 0 saturated carbocycles. The lowest BCUT2D eigenvalue weighted by Gasteiger charge is -1.86. The number of hydrogen-bond acceptors (Lipinski definition) is 6. The number of thiazole rings is 1. The van der Waals surface area contributed by atoms with Crippen LogP contribution in [0.3, 0.4) is 0 Å². The highest BCUT2D eigenvalue weighted by atomic mass is 32.1. The van der Waals surface area contributed by atoms with Gasteiger partial charge in [0, 0.05) is 23.9 Å². The van der Waals surface area contributed by atoms with Gasteiger partial charge in [-0.25, -0.2) is 4.98 Å². The molecule has 0 aliphatic heterocycles. The highest BCUT2D eigenvalue weighted by Gasteiger charge is 2.08. The third-order valence-corrected chi connectivity index (χ3v) is 2.90. The van der Waals surface area contributed by atoms with Gasteiger partial charge in [0.15, 0.2) is 5.82 Å². The van der Waals surface area contributed by atoms with Crippen LogP contribution in [0.1, 0.15) is 28.8 Å². The van der Waals surface area contributed by atoms with Gasteiger partial charge in [0.1, 0.15) is 5.01 Å². The average Bonchev–Trinajstić information content (AvgIpc) is 2.86. The van der Waals surface area contributed by atoms with Gasteiger partial charge in [0.25, 0.3) is 0 Å². The second-order valence-electron chi connectivity index (χ2n) is 3.32. The van der Waals surface area contributed by atoms with Crippen LogP contribution in [0.5, 0.6) is 0 Å². The Labute approximate surface area is 96.8 Å². The average molecular weight is 234 g/mol. The maximum absolute atomic E-state index is 8.42. The fourth-order valence-electron chi connectivity index (χ4n) is 1.25. The van der Waals surface area contributed by atoms with Crippen LogP contribution in [0.2, 0.25) is 0 Å². The number of aryl methyl sites for hydroxylation is 2. The Kier molecular flexibility index (Phi) is 3.27. The van der Waals surface area contributed by atoms with Crippen molar-refractivity contribution < 1.29 is 4.52 Å². The molecule has 2 aromatic heterocycles. The van der Waals surface area contributed by atoms with Crippen LogP contribution in [0, 0.1) is 18.3 Å². The van der Waals surface area contributed by atoms with Gasteiger partial charge >= 0.3 is 0 Å². The van der Waals surface area contributed by atoms with Crippen molar-refractivity contribution in [3.05, 3.63) is 27.8 Å². The van der Waals surface area contributed by atoms with E-state index in [-0.39, 0.29) is 0 Å². The molecular formula is C10H10N4OS. The van der Waals surface area contributed by atoms with E-state index in [1.165, 1.54) is 0 Å². The molecule has 2 heterocycles. The summed E-state index contributed by atoms with van der Waals surface area (Å²) in [7, 11) is 0. The number of nitrogens with zero attached hydrogens (tertiary/aromatic N) is 4. The summed E-state index contributed by atoms with van der Waals surface area (Å²) in [4.78, 5) is 8.51. The van der Waals surface area contributed by atoms with Crippen molar-refractivity contribution in [3.8, 4) is 6.07 Å². The summed E-state index contributed by atoms with van der Waals surface area (Å²) >= 11 is 1.59. The Morgan fingerprint density at radius 2 is 2.38 bits per heavy atom. The molecule has 0 unspecified atom stereocenters. The number of aromatic nitrogens is 3. The number of hydrogen-bond donors (Lipinski definition) is 0. The lowest BCUT2D eigenvalue weighted by Crippen LogP contribution is -1.91. The Morgan fingerprint density at radius 1 is 1.50 bits per heavy atom. The molecule has 2 rings (SSSR count). The minimum Gasteiger partial charge on any atom is -0.339 e. The first-order valence-corrected chi connectivity index (χ1v) is 5.75. The van der Waals surface area contributed by atoms with E-state index >= 15 is 0 Å². The summed E-state index contributed by atoms with van der Waals surface area (Å²) in [6.07, 6.45) is 1.51. The van der Waals surface area contributed by atoms with Crippen LogP contribution in [0.4, 0.5) is 0 Å². The monoisotopic (exact) mass is 234 g/mol. The summed E-state index contributed by atoms with van der Waals surface area (Å²) in [6.45, 7) is 1.95. The van der Waals surface area contributed by atoms with Crippen molar-refractivity contribution in [1.29, 1.82) is 5.26 Å². The van der Waals surface area contributed by atoms with Crippen molar-refractivity contribution in [2.45, 2.75) is 26.2 Å². The van der Waals surface area contributed by atoms with Gasteiger partial charge in [-0.05, 0) is 6.92 Å². The third-order valence-electron chi connectivity index (χ3n) is 1.94. The fraction of sp³-hybridized carbons (Fsp3) is 0.400. The molecule has 0 saturated heterocycles. The SMILES string of the molecule is Cc1csc(Cc2noc(CCC#N)n2)n1. The highest BCUT2D eigenvalue weighted by molar-refractivity contribution is 7.09. The van der Waals surface area contributed by atoms with Gasteiger partial charge in [-0.3, -0.25) is 0 Å². The second-order valence-corrected chi connectivity index (χ2v) is 4.26. The number of rotatable bonds is 4. The summed E-state index contributed by atoms with van der Waals surface area (Å²) in [5, 5.41) is 15.2. The van der Waals surface area contributed by atoms with E-state index in [9.17, 15) is 0 Å². The van der Waals surface area contributed by atoms with Gasteiger partial charge < -0.3 is 4.52 Å². The summed E-state index contributed by atoms with van der Waals surface area (Å²) in [5.41, 5.74) is 1.01. The van der Waals surface area contributed by atoms with E-state index in [0.29, 0.717) is 31.0 Å². The van der Waals surface area contributed by atoms with Gasteiger partial charge in [-0.2, -0.15) is 10.2 Å². The van der Waals surface area contributed by atoms with Crippen LogP contribution in [-0.4, -0.2) is 15.1 Å². The van der Waals surface area contributed by atoms with Crippen LogP contribution in [0.25, 0.3) is 0 Å². The van der Waals surface area contributed by atoms with Gasteiger partial charge in [0.05, 0.1) is 12.5 Å². The Balaban J connectivity index is 2.00. The molecule has 0 atom stereocenters. The van der Waals surface area contributed by atoms with Crippen molar-refractivity contribution >= 4 is 11.3 Å². The zero-order chi connectivity index (χ0) is 11.4. The molecule has 0 N–H and O–H groups in total. The minimum atomic E-state index is 0.401. The molecule has 5 nitrogen and oxygen atoms in total. The highest BCUT2D eigenvalue weighted by Crippen LogP contribution is 2.12. The zero-order valence-corrected chi connectivity index (χ0v) is 9.62. The Morgan fingerprint density at radius 3 is 3.06 bits per heavy atom. The molecule has 0 bridgehead atoms. The molecule has 0 amide bonds. The van der Waals surface area contributed by atoms with Crippen LogP contribution < -0.4 is 0 Å². The zero-order valence-electron chi connectivity index (χ0n) is 8.80.